The molecule has 6 heteroatoms. The summed E-state index contributed by atoms with van der Waals surface area (Å²) in [7, 11) is 0. The molecule has 3 heterocycles. The molecule has 0 unspecified atom stereocenters. The van der Waals surface area contributed by atoms with Crippen LogP contribution < -0.4 is 5.32 Å². The Kier molecular flexibility index (Phi) is 4.68. The summed E-state index contributed by atoms with van der Waals surface area (Å²) >= 11 is 0. The molecule has 1 saturated carbocycles. The van der Waals surface area contributed by atoms with Gasteiger partial charge in [-0.25, -0.2) is 4.98 Å². The average molecular weight is 339 g/mol. The van der Waals surface area contributed by atoms with Gasteiger partial charge in [-0.3, -0.25) is 9.48 Å². The summed E-state index contributed by atoms with van der Waals surface area (Å²) in [4.78, 5) is 19.4. The van der Waals surface area contributed by atoms with Crippen molar-refractivity contribution in [3.05, 3.63) is 42.4 Å². The lowest BCUT2D eigenvalue weighted by molar-refractivity contribution is 0.0593. The number of rotatable bonds is 6. The zero-order valence-electron chi connectivity index (χ0n) is 14.5. The van der Waals surface area contributed by atoms with E-state index in [9.17, 15) is 4.79 Å². The lowest BCUT2D eigenvalue weighted by Crippen LogP contribution is -2.44. The summed E-state index contributed by atoms with van der Waals surface area (Å²) in [5, 5.41) is 7.62. The number of amides is 1. The fourth-order valence-corrected chi connectivity index (χ4v) is 3.49. The Balaban J connectivity index is 1.40. The minimum Gasteiger partial charge on any atom is -0.367 e. The third-order valence-electron chi connectivity index (χ3n) is 5.08. The molecule has 2 fully saturated rings. The summed E-state index contributed by atoms with van der Waals surface area (Å²) in [6.45, 7) is 1.69. The first-order chi connectivity index (χ1) is 12.3. The first-order valence-corrected chi connectivity index (χ1v) is 9.30. The Labute approximate surface area is 148 Å². The van der Waals surface area contributed by atoms with Gasteiger partial charge in [0.2, 0.25) is 0 Å². The average Bonchev–Trinajstić information content (AvgIpc) is 3.31. The van der Waals surface area contributed by atoms with Crippen LogP contribution in [0.4, 0.5) is 5.82 Å². The van der Waals surface area contributed by atoms with Crippen molar-refractivity contribution in [3.63, 3.8) is 0 Å². The fraction of sp³-hybridized carbons (Fsp3) is 0.526. The first-order valence-electron chi connectivity index (χ1n) is 9.30. The number of pyridine rings is 1. The maximum absolute atomic E-state index is 13.0. The van der Waals surface area contributed by atoms with E-state index in [0.717, 1.165) is 38.2 Å². The summed E-state index contributed by atoms with van der Waals surface area (Å²) in [5.74, 6) is 0.976. The van der Waals surface area contributed by atoms with Gasteiger partial charge in [0, 0.05) is 43.8 Å². The van der Waals surface area contributed by atoms with Gasteiger partial charge in [-0.1, -0.05) is 0 Å². The molecule has 0 radical (unpaired) electrons. The van der Waals surface area contributed by atoms with Crippen LogP contribution in [0.5, 0.6) is 0 Å². The van der Waals surface area contributed by atoms with Crippen LogP contribution >= 0.6 is 0 Å². The number of anilines is 1. The molecular formula is C19H25N5O. The summed E-state index contributed by atoms with van der Waals surface area (Å²) in [5.41, 5.74) is 0.687. The maximum Gasteiger partial charge on any atom is 0.255 e. The Bertz CT molecular complexity index is 693. The van der Waals surface area contributed by atoms with Gasteiger partial charge in [0.1, 0.15) is 5.82 Å². The molecular weight excluding hydrogens is 314 g/mol. The summed E-state index contributed by atoms with van der Waals surface area (Å²) < 4.78 is 1.94. The second-order valence-electron chi connectivity index (χ2n) is 7.06. The molecule has 132 valence electrons. The molecule has 25 heavy (non-hydrogen) atoms. The molecule has 0 bridgehead atoms. The highest BCUT2D eigenvalue weighted by Gasteiger charge is 2.27. The van der Waals surface area contributed by atoms with Crippen LogP contribution in [0.1, 0.15) is 48.9 Å². The fourth-order valence-electron chi connectivity index (χ4n) is 3.49. The van der Waals surface area contributed by atoms with E-state index in [2.05, 4.69) is 15.4 Å². The molecule has 1 aliphatic carbocycles. The summed E-state index contributed by atoms with van der Waals surface area (Å²) in [6.07, 6.45) is 12.2. The lowest BCUT2D eigenvalue weighted by Gasteiger charge is -2.36. The van der Waals surface area contributed by atoms with Crippen LogP contribution in [0.3, 0.4) is 0 Å². The molecule has 4 rings (SSSR count). The normalized spacial score (nSPS) is 20.5. The largest absolute Gasteiger partial charge is 0.367 e. The van der Waals surface area contributed by atoms with Gasteiger partial charge < -0.3 is 10.2 Å². The number of nitrogens with zero attached hydrogens (tertiary/aromatic N) is 4. The first kappa shape index (κ1) is 16.1. The van der Waals surface area contributed by atoms with Crippen molar-refractivity contribution in [2.24, 2.45) is 0 Å². The van der Waals surface area contributed by atoms with E-state index in [1.54, 1.807) is 12.4 Å². The van der Waals surface area contributed by atoms with E-state index in [0.29, 0.717) is 11.6 Å². The molecule has 2 aromatic heterocycles. The number of aryl methyl sites for hydroxylation is 1. The van der Waals surface area contributed by atoms with Gasteiger partial charge in [-0.05, 0) is 56.7 Å². The highest BCUT2D eigenvalue weighted by atomic mass is 16.2. The zero-order valence-corrected chi connectivity index (χ0v) is 14.5. The van der Waals surface area contributed by atoms with Crippen molar-refractivity contribution in [1.29, 1.82) is 0 Å². The molecule has 0 spiro atoms. The molecule has 2 aliphatic rings. The van der Waals surface area contributed by atoms with Gasteiger partial charge in [0.15, 0.2) is 0 Å². The van der Waals surface area contributed by atoms with E-state index < -0.39 is 0 Å². The van der Waals surface area contributed by atoms with Crippen molar-refractivity contribution in [2.75, 3.05) is 11.9 Å². The predicted molar refractivity (Wildman–Crippen MR) is 96.4 cm³/mol. The second-order valence-corrected chi connectivity index (χ2v) is 7.06. The maximum atomic E-state index is 13.0. The number of likely N-dealkylation sites (tertiary alicyclic amines) is 1. The van der Waals surface area contributed by atoms with Crippen LogP contribution in [-0.2, 0) is 6.54 Å². The van der Waals surface area contributed by atoms with Gasteiger partial charge >= 0.3 is 0 Å². The Morgan fingerprint density at radius 3 is 2.88 bits per heavy atom. The van der Waals surface area contributed by atoms with E-state index in [1.807, 2.05) is 34.0 Å². The highest BCUT2D eigenvalue weighted by Crippen LogP contribution is 2.25. The SMILES string of the molecule is O=C(c1ccc(NC2CC2)nc1)N1CCCC[C@H]1CCn1cccn1. The van der Waals surface area contributed by atoms with E-state index in [1.165, 1.54) is 19.3 Å². The number of carbonyl (C=O) groups is 1. The van der Waals surface area contributed by atoms with Crippen LogP contribution in [0.25, 0.3) is 0 Å². The molecule has 1 N–H and O–H groups in total. The molecule has 6 nitrogen and oxygen atoms in total. The number of carbonyl (C=O) groups excluding carboxylic acids is 1. The molecule has 1 saturated heterocycles. The Hall–Kier alpha value is -2.37. The van der Waals surface area contributed by atoms with Gasteiger partial charge in [-0.15, -0.1) is 0 Å². The zero-order chi connectivity index (χ0) is 17.1. The molecule has 1 aliphatic heterocycles. The van der Waals surface area contributed by atoms with Gasteiger partial charge in [0.05, 0.1) is 5.56 Å². The molecule has 2 aromatic rings. The predicted octanol–water partition coefficient (Wildman–Crippen LogP) is 2.94. The van der Waals surface area contributed by atoms with Crippen LogP contribution in [0.2, 0.25) is 0 Å². The number of aromatic nitrogens is 3. The van der Waals surface area contributed by atoms with Gasteiger partial charge in [-0.2, -0.15) is 5.10 Å². The standard InChI is InChI=1S/C19H25N5O/c25-19(15-5-8-18(20-14-15)22-16-6-7-16)24-12-2-1-4-17(24)9-13-23-11-3-10-21-23/h3,5,8,10-11,14,16-17H,1-2,4,6-7,9,12-13H2,(H,20,22)/t17-/m0/s1. The van der Waals surface area contributed by atoms with E-state index in [-0.39, 0.29) is 11.9 Å². The minimum atomic E-state index is 0.107. The van der Waals surface area contributed by atoms with Crippen molar-refractivity contribution in [2.45, 2.75) is 57.2 Å². The van der Waals surface area contributed by atoms with Gasteiger partial charge in [0.25, 0.3) is 5.91 Å². The Morgan fingerprint density at radius 2 is 2.16 bits per heavy atom. The molecule has 1 atom stereocenters. The van der Waals surface area contributed by atoms with Crippen molar-refractivity contribution in [3.8, 4) is 0 Å². The molecule has 0 aromatic carbocycles. The monoisotopic (exact) mass is 339 g/mol. The van der Waals surface area contributed by atoms with Crippen LogP contribution in [0, 0.1) is 0 Å². The number of nitrogens with one attached hydrogen (secondary N) is 1. The minimum absolute atomic E-state index is 0.107. The quantitative estimate of drug-likeness (QED) is 0.879. The number of hydrogen-bond donors (Lipinski definition) is 1. The second kappa shape index (κ2) is 7.25. The Morgan fingerprint density at radius 1 is 1.24 bits per heavy atom. The smallest absolute Gasteiger partial charge is 0.255 e. The van der Waals surface area contributed by atoms with E-state index in [4.69, 9.17) is 0 Å². The van der Waals surface area contributed by atoms with Crippen LogP contribution in [-0.4, -0.2) is 44.2 Å². The molecule has 1 amide bonds. The number of hydrogen-bond acceptors (Lipinski definition) is 4. The van der Waals surface area contributed by atoms with E-state index >= 15 is 0 Å². The highest BCUT2D eigenvalue weighted by molar-refractivity contribution is 5.94. The van der Waals surface area contributed by atoms with Crippen molar-refractivity contribution >= 4 is 11.7 Å². The van der Waals surface area contributed by atoms with Crippen molar-refractivity contribution in [1.82, 2.24) is 19.7 Å². The number of piperidine rings is 1. The lowest BCUT2D eigenvalue weighted by atomic mass is 9.98. The summed E-state index contributed by atoms with van der Waals surface area (Å²) in [6, 6.07) is 6.62. The van der Waals surface area contributed by atoms with Crippen LogP contribution in [0.15, 0.2) is 36.8 Å². The third kappa shape index (κ3) is 4.00. The van der Waals surface area contributed by atoms with Crippen molar-refractivity contribution < 1.29 is 4.79 Å². The topological polar surface area (TPSA) is 63.1 Å². The third-order valence-corrected chi connectivity index (χ3v) is 5.08.